The number of hydrogen-bond acceptors (Lipinski definition) is 8. The van der Waals surface area contributed by atoms with E-state index in [1.165, 1.54) is 0 Å². The number of amides is 3. The molecule has 0 aromatic rings. The van der Waals surface area contributed by atoms with Crippen LogP contribution < -0.4 is 33.2 Å². The number of aliphatic carboxylic acids is 2. The van der Waals surface area contributed by atoms with Gasteiger partial charge in [-0.25, -0.2) is 4.79 Å². The smallest absolute Gasteiger partial charge is 0.326 e. The van der Waals surface area contributed by atoms with E-state index < -0.39 is 72.8 Å². The van der Waals surface area contributed by atoms with E-state index in [9.17, 15) is 29.1 Å². The second-order valence-corrected chi connectivity index (χ2v) is 7.67. The Kier molecular flexibility index (Phi) is 13.8. The number of aliphatic hydroxyl groups is 1. The van der Waals surface area contributed by atoms with Crippen molar-refractivity contribution in [2.75, 3.05) is 13.2 Å². The van der Waals surface area contributed by atoms with Crippen LogP contribution in [0.25, 0.3) is 0 Å². The molecule has 0 saturated heterocycles. The maximum atomic E-state index is 12.8. The normalized spacial score (nSPS) is 15.1. The zero-order valence-corrected chi connectivity index (χ0v) is 19.2. The standard InChI is InChI=1S/C19H35N7O8/c1-3-9(2)14(18(33)34)26-17(32)12(7-13(28)29)25-16(31)11(5-4-6-23-19(21)22)24-15(30)10(20)8-27/h9-12,14,27H,3-8,20H2,1-2H3,(H,24,30)(H,25,31)(H,26,32)(H,28,29)(H,33,34)(H4,21,22,23). The lowest BCUT2D eigenvalue weighted by molar-refractivity contribution is -0.144. The highest BCUT2D eigenvalue weighted by molar-refractivity contribution is 5.95. The number of nitrogens with one attached hydrogen (secondary N) is 3. The van der Waals surface area contributed by atoms with E-state index in [-0.39, 0.29) is 25.3 Å². The summed E-state index contributed by atoms with van der Waals surface area (Å²) in [7, 11) is 0. The number of carboxylic acids is 2. The summed E-state index contributed by atoms with van der Waals surface area (Å²) in [4.78, 5) is 64.0. The molecule has 0 aromatic carbocycles. The minimum absolute atomic E-state index is 0.0153. The Labute approximate surface area is 196 Å². The van der Waals surface area contributed by atoms with Gasteiger partial charge in [0.25, 0.3) is 0 Å². The third kappa shape index (κ3) is 11.4. The molecule has 5 atom stereocenters. The first-order chi connectivity index (χ1) is 15.8. The number of guanidine groups is 1. The Morgan fingerprint density at radius 2 is 1.50 bits per heavy atom. The van der Waals surface area contributed by atoms with Crippen LogP contribution in [0.4, 0.5) is 0 Å². The molecule has 0 saturated carbocycles. The Hall–Kier alpha value is -3.46. The molecule has 0 aromatic heterocycles. The molecule has 15 nitrogen and oxygen atoms in total. The highest BCUT2D eigenvalue weighted by atomic mass is 16.4. The first kappa shape index (κ1) is 30.5. The van der Waals surface area contributed by atoms with Crippen molar-refractivity contribution in [2.45, 2.75) is 63.7 Å². The van der Waals surface area contributed by atoms with Gasteiger partial charge in [-0.05, 0) is 18.8 Å². The summed E-state index contributed by atoms with van der Waals surface area (Å²) in [6, 6.07) is -5.52. The van der Waals surface area contributed by atoms with Gasteiger partial charge in [-0.2, -0.15) is 0 Å². The summed E-state index contributed by atoms with van der Waals surface area (Å²) in [6.07, 6.45) is -0.217. The molecule has 194 valence electrons. The van der Waals surface area contributed by atoms with E-state index in [0.29, 0.717) is 6.42 Å². The SMILES string of the molecule is CCC(C)C(NC(=O)C(CC(=O)O)NC(=O)C(CCCN=C(N)N)NC(=O)C(N)CO)C(=O)O. The number of aliphatic imine (C=N–C) groups is 1. The van der Waals surface area contributed by atoms with Crippen molar-refractivity contribution < 1.29 is 39.3 Å². The summed E-state index contributed by atoms with van der Waals surface area (Å²) >= 11 is 0. The number of hydrogen-bond donors (Lipinski definition) is 9. The molecule has 0 bridgehead atoms. The summed E-state index contributed by atoms with van der Waals surface area (Å²) in [5, 5.41) is 34.4. The van der Waals surface area contributed by atoms with E-state index >= 15 is 0 Å². The van der Waals surface area contributed by atoms with E-state index in [1.54, 1.807) is 13.8 Å². The van der Waals surface area contributed by atoms with Crippen LogP contribution in [-0.2, 0) is 24.0 Å². The fraction of sp³-hybridized carbons (Fsp3) is 0.684. The molecule has 0 rings (SSSR count). The maximum absolute atomic E-state index is 12.8. The average Bonchev–Trinajstić information content (AvgIpc) is 2.76. The Bertz CT molecular complexity index is 757. The number of nitrogens with zero attached hydrogens (tertiary/aromatic N) is 1. The molecule has 15 heteroatoms. The molecule has 0 fully saturated rings. The lowest BCUT2D eigenvalue weighted by Crippen LogP contribution is -2.58. The number of carbonyl (C=O) groups is 5. The molecule has 34 heavy (non-hydrogen) atoms. The quantitative estimate of drug-likeness (QED) is 0.0580. The molecule has 0 radical (unpaired) electrons. The summed E-state index contributed by atoms with van der Waals surface area (Å²) in [6.45, 7) is 2.74. The van der Waals surface area contributed by atoms with Gasteiger partial charge in [-0.15, -0.1) is 0 Å². The van der Waals surface area contributed by atoms with Crippen molar-refractivity contribution >= 4 is 35.6 Å². The van der Waals surface area contributed by atoms with Crippen molar-refractivity contribution in [2.24, 2.45) is 28.1 Å². The Morgan fingerprint density at radius 1 is 0.941 bits per heavy atom. The first-order valence-corrected chi connectivity index (χ1v) is 10.6. The number of aliphatic hydroxyl groups excluding tert-OH is 1. The average molecular weight is 490 g/mol. The zero-order chi connectivity index (χ0) is 26.4. The predicted octanol–water partition coefficient (Wildman–Crippen LogP) is -3.58. The largest absolute Gasteiger partial charge is 0.481 e. The van der Waals surface area contributed by atoms with Gasteiger partial charge in [-0.1, -0.05) is 20.3 Å². The molecule has 0 aliphatic heterocycles. The van der Waals surface area contributed by atoms with Gasteiger partial charge in [-0.3, -0.25) is 24.2 Å². The van der Waals surface area contributed by atoms with Gasteiger partial charge in [0.1, 0.15) is 24.2 Å². The second kappa shape index (κ2) is 15.4. The molecular formula is C19H35N7O8. The highest BCUT2D eigenvalue weighted by Crippen LogP contribution is 2.09. The van der Waals surface area contributed by atoms with Crippen molar-refractivity contribution in [3.63, 3.8) is 0 Å². The van der Waals surface area contributed by atoms with Gasteiger partial charge in [0.05, 0.1) is 13.0 Å². The third-order valence-electron chi connectivity index (χ3n) is 4.90. The van der Waals surface area contributed by atoms with Crippen LogP contribution in [-0.4, -0.2) is 88.3 Å². The van der Waals surface area contributed by atoms with Gasteiger partial charge in [0.15, 0.2) is 5.96 Å². The molecule has 12 N–H and O–H groups in total. The van der Waals surface area contributed by atoms with E-state index in [4.69, 9.17) is 27.4 Å². The van der Waals surface area contributed by atoms with Crippen LogP contribution >= 0.6 is 0 Å². The van der Waals surface area contributed by atoms with Crippen LogP contribution in [0, 0.1) is 5.92 Å². The van der Waals surface area contributed by atoms with Gasteiger partial charge >= 0.3 is 11.9 Å². The summed E-state index contributed by atoms with van der Waals surface area (Å²) in [5.41, 5.74) is 15.9. The van der Waals surface area contributed by atoms with Crippen molar-refractivity contribution in [3.8, 4) is 0 Å². The molecule has 0 heterocycles. The van der Waals surface area contributed by atoms with Crippen molar-refractivity contribution in [1.29, 1.82) is 0 Å². The molecular weight excluding hydrogens is 454 g/mol. The minimum atomic E-state index is -1.63. The molecule has 5 unspecified atom stereocenters. The second-order valence-electron chi connectivity index (χ2n) is 7.67. The Morgan fingerprint density at radius 3 is 1.97 bits per heavy atom. The van der Waals surface area contributed by atoms with Crippen LogP contribution in [0.1, 0.15) is 39.5 Å². The lowest BCUT2D eigenvalue weighted by atomic mass is 9.98. The molecule has 0 aliphatic rings. The van der Waals surface area contributed by atoms with Gasteiger partial charge < -0.3 is 48.5 Å². The van der Waals surface area contributed by atoms with Gasteiger partial charge in [0, 0.05) is 6.54 Å². The van der Waals surface area contributed by atoms with E-state index in [0.717, 1.165) is 0 Å². The molecule has 0 aliphatic carbocycles. The monoisotopic (exact) mass is 489 g/mol. The summed E-state index contributed by atoms with van der Waals surface area (Å²) < 4.78 is 0. The van der Waals surface area contributed by atoms with E-state index in [1.807, 2.05) is 0 Å². The lowest BCUT2D eigenvalue weighted by Gasteiger charge is -2.25. The van der Waals surface area contributed by atoms with Crippen LogP contribution in [0.5, 0.6) is 0 Å². The third-order valence-corrected chi connectivity index (χ3v) is 4.90. The van der Waals surface area contributed by atoms with E-state index in [2.05, 4.69) is 20.9 Å². The zero-order valence-electron chi connectivity index (χ0n) is 19.2. The number of nitrogens with two attached hydrogens (primary N) is 3. The van der Waals surface area contributed by atoms with Crippen molar-refractivity contribution in [1.82, 2.24) is 16.0 Å². The fourth-order valence-corrected chi connectivity index (χ4v) is 2.73. The molecule has 0 spiro atoms. The van der Waals surface area contributed by atoms with Gasteiger partial charge in [0.2, 0.25) is 17.7 Å². The van der Waals surface area contributed by atoms with Crippen LogP contribution in [0.15, 0.2) is 4.99 Å². The number of rotatable bonds is 16. The highest BCUT2D eigenvalue weighted by Gasteiger charge is 2.32. The summed E-state index contributed by atoms with van der Waals surface area (Å²) in [5.74, 6) is -6.17. The number of carbonyl (C=O) groups excluding carboxylic acids is 3. The first-order valence-electron chi connectivity index (χ1n) is 10.6. The Balaban J connectivity index is 5.60. The maximum Gasteiger partial charge on any atom is 0.326 e. The fourth-order valence-electron chi connectivity index (χ4n) is 2.73. The van der Waals surface area contributed by atoms with Crippen LogP contribution in [0.3, 0.4) is 0 Å². The van der Waals surface area contributed by atoms with Crippen LogP contribution in [0.2, 0.25) is 0 Å². The predicted molar refractivity (Wildman–Crippen MR) is 120 cm³/mol. The molecule has 3 amide bonds. The van der Waals surface area contributed by atoms with Crippen molar-refractivity contribution in [3.05, 3.63) is 0 Å². The topological polar surface area (TPSA) is 273 Å². The minimum Gasteiger partial charge on any atom is -0.481 e. The number of carboxylic acid groups (broad SMARTS) is 2.